The van der Waals surface area contributed by atoms with Gasteiger partial charge >= 0.3 is 0 Å². The predicted molar refractivity (Wildman–Crippen MR) is 72.0 cm³/mol. The van der Waals surface area contributed by atoms with Crippen LogP contribution in [0.4, 0.5) is 5.69 Å². The van der Waals surface area contributed by atoms with E-state index in [9.17, 15) is 9.90 Å². The summed E-state index contributed by atoms with van der Waals surface area (Å²) in [5.74, 6) is 0.231. The molecule has 2 N–H and O–H groups in total. The molecule has 0 bridgehead atoms. The molecule has 1 amide bonds. The van der Waals surface area contributed by atoms with Crippen molar-refractivity contribution in [1.29, 1.82) is 0 Å². The fourth-order valence-corrected chi connectivity index (χ4v) is 2.35. The molecule has 18 heavy (non-hydrogen) atoms. The third-order valence-electron chi connectivity index (χ3n) is 3.26. The predicted octanol–water partition coefficient (Wildman–Crippen LogP) is 2.47. The quantitative estimate of drug-likeness (QED) is 0.810. The number of anilines is 1. The zero-order valence-corrected chi connectivity index (χ0v) is 11.1. The number of nitrogens with zero attached hydrogens (tertiary/aromatic N) is 1. The van der Waals surface area contributed by atoms with E-state index in [0.29, 0.717) is 11.1 Å². The Hall–Kier alpha value is -1.42. The zero-order chi connectivity index (χ0) is 13.1. The first-order chi connectivity index (χ1) is 8.56. The highest BCUT2D eigenvalue weighted by molar-refractivity contribution is 6.32. The van der Waals surface area contributed by atoms with Gasteiger partial charge < -0.3 is 15.3 Å². The molecule has 1 aliphatic heterocycles. The Kier molecular flexibility index (Phi) is 3.97. The van der Waals surface area contributed by atoms with Crippen molar-refractivity contribution in [2.75, 3.05) is 18.4 Å². The Labute approximate surface area is 112 Å². The topological polar surface area (TPSA) is 52.6 Å². The van der Waals surface area contributed by atoms with Gasteiger partial charge in [-0.3, -0.25) is 4.79 Å². The van der Waals surface area contributed by atoms with E-state index in [1.165, 1.54) is 0 Å². The van der Waals surface area contributed by atoms with Gasteiger partial charge in [-0.25, -0.2) is 0 Å². The fourth-order valence-electron chi connectivity index (χ4n) is 2.17. The van der Waals surface area contributed by atoms with Crippen LogP contribution in [0.2, 0.25) is 5.02 Å². The van der Waals surface area contributed by atoms with Crippen LogP contribution >= 0.6 is 11.6 Å². The number of carbonyl (C=O) groups excluding carboxylic acids is 1. The molecule has 4 nitrogen and oxygen atoms in total. The second kappa shape index (κ2) is 5.48. The lowest BCUT2D eigenvalue weighted by atomic mass is 10.0. The minimum Gasteiger partial charge on any atom is -0.506 e. The summed E-state index contributed by atoms with van der Waals surface area (Å²) in [6.45, 7) is 3.19. The Bertz CT molecular complexity index is 443. The summed E-state index contributed by atoms with van der Waals surface area (Å²) in [4.78, 5) is 13.1. The molecule has 0 unspecified atom stereocenters. The molecule has 1 heterocycles. The number of hydrogen-bond donors (Lipinski definition) is 2. The van der Waals surface area contributed by atoms with Crippen molar-refractivity contribution in [3.05, 3.63) is 23.2 Å². The van der Waals surface area contributed by atoms with Crippen LogP contribution in [-0.4, -0.2) is 35.0 Å². The number of carbonyl (C=O) groups is 1. The fraction of sp³-hybridized carbons (Fsp3) is 0.462. The van der Waals surface area contributed by atoms with Crippen molar-refractivity contribution in [3.8, 4) is 5.75 Å². The molecule has 0 spiro atoms. The van der Waals surface area contributed by atoms with Crippen LogP contribution in [0.3, 0.4) is 0 Å². The highest BCUT2D eigenvalue weighted by Crippen LogP contribution is 2.27. The highest BCUT2D eigenvalue weighted by Gasteiger charge is 2.20. The molecular weight excluding hydrogens is 252 g/mol. The van der Waals surface area contributed by atoms with Gasteiger partial charge in [0.15, 0.2) is 0 Å². The summed E-state index contributed by atoms with van der Waals surface area (Å²) in [5.41, 5.74) is 0.902. The highest BCUT2D eigenvalue weighted by atomic mass is 35.5. The molecule has 0 aliphatic carbocycles. The Morgan fingerprint density at radius 3 is 2.67 bits per heavy atom. The molecule has 1 saturated heterocycles. The standard InChI is InChI=1S/C13H17ClN2O2/c1-9(17)16-6-4-10(5-7-16)15-11-2-3-13(18)12(14)8-11/h2-3,8,10,15,18H,4-7H2,1H3. The lowest BCUT2D eigenvalue weighted by Crippen LogP contribution is -2.41. The third-order valence-corrected chi connectivity index (χ3v) is 3.56. The lowest BCUT2D eigenvalue weighted by molar-refractivity contribution is -0.129. The van der Waals surface area contributed by atoms with Gasteiger partial charge in [0.05, 0.1) is 5.02 Å². The number of halogens is 1. The monoisotopic (exact) mass is 268 g/mol. The largest absolute Gasteiger partial charge is 0.506 e. The molecule has 1 aliphatic rings. The van der Waals surface area contributed by atoms with Crippen LogP contribution < -0.4 is 5.32 Å². The van der Waals surface area contributed by atoms with E-state index in [1.807, 2.05) is 4.90 Å². The first kappa shape index (κ1) is 13.0. The van der Waals surface area contributed by atoms with Crippen molar-refractivity contribution < 1.29 is 9.90 Å². The number of rotatable bonds is 2. The van der Waals surface area contributed by atoms with Crippen molar-refractivity contribution >= 4 is 23.2 Å². The van der Waals surface area contributed by atoms with Gasteiger partial charge in [0, 0.05) is 31.7 Å². The molecule has 0 radical (unpaired) electrons. The zero-order valence-electron chi connectivity index (χ0n) is 10.3. The van der Waals surface area contributed by atoms with Crippen molar-refractivity contribution in [2.45, 2.75) is 25.8 Å². The number of likely N-dealkylation sites (tertiary alicyclic amines) is 1. The van der Waals surface area contributed by atoms with Crippen LogP contribution in [0, 0.1) is 0 Å². The van der Waals surface area contributed by atoms with E-state index >= 15 is 0 Å². The van der Waals surface area contributed by atoms with Crippen LogP contribution in [0.1, 0.15) is 19.8 Å². The SMILES string of the molecule is CC(=O)N1CCC(Nc2ccc(O)c(Cl)c2)CC1. The Morgan fingerprint density at radius 1 is 1.44 bits per heavy atom. The normalized spacial score (nSPS) is 16.7. The molecular formula is C13H17ClN2O2. The van der Waals surface area contributed by atoms with Gasteiger partial charge in [-0.15, -0.1) is 0 Å². The number of aromatic hydroxyl groups is 1. The number of benzene rings is 1. The maximum Gasteiger partial charge on any atom is 0.219 e. The Morgan fingerprint density at radius 2 is 2.11 bits per heavy atom. The van der Waals surface area contributed by atoms with Crippen molar-refractivity contribution in [3.63, 3.8) is 0 Å². The molecule has 1 aromatic rings. The lowest BCUT2D eigenvalue weighted by Gasteiger charge is -2.32. The van der Waals surface area contributed by atoms with Crippen LogP contribution in [-0.2, 0) is 4.79 Å². The molecule has 1 aromatic carbocycles. The van der Waals surface area contributed by atoms with E-state index in [-0.39, 0.29) is 11.7 Å². The molecule has 98 valence electrons. The summed E-state index contributed by atoms with van der Waals surface area (Å²) in [5, 5.41) is 13.1. The van der Waals surface area contributed by atoms with E-state index in [0.717, 1.165) is 31.6 Å². The third kappa shape index (κ3) is 3.07. The molecule has 5 heteroatoms. The van der Waals surface area contributed by atoms with Gasteiger partial charge in [-0.2, -0.15) is 0 Å². The second-order valence-corrected chi connectivity index (χ2v) is 5.00. The Balaban J connectivity index is 1.91. The van der Waals surface area contributed by atoms with Crippen LogP contribution in [0.25, 0.3) is 0 Å². The first-order valence-electron chi connectivity index (χ1n) is 6.07. The first-order valence-corrected chi connectivity index (χ1v) is 6.44. The average Bonchev–Trinajstić information content (AvgIpc) is 2.34. The van der Waals surface area contributed by atoms with Gasteiger partial charge in [-0.05, 0) is 31.0 Å². The summed E-state index contributed by atoms with van der Waals surface area (Å²) < 4.78 is 0. The minimum atomic E-state index is 0.0913. The van der Waals surface area contributed by atoms with Gasteiger partial charge in [0.2, 0.25) is 5.91 Å². The van der Waals surface area contributed by atoms with Gasteiger partial charge in [-0.1, -0.05) is 11.6 Å². The summed E-state index contributed by atoms with van der Waals surface area (Å²) in [6, 6.07) is 5.45. The molecule has 1 fully saturated rings. The van der Waals surface area contributed by atoms with Crippen LogP contribution in [0.15, 0.2) is 18.2 Å². The van der Waals surface area contributed by atoms with E-state index in [2.05, 4.69) is 5.32 Å². The maximum atomic E-state index is 11.2. The number of hydrogen-bond acceptors (Lipinski definition) is 3. The number of phenols is 1. The van der Waals surface area contributed by atoms with Crippen molar-refractivity contribution in [1.82, 2.24) is 4.90 Å². The van der Waals surface area contributed by atoms with Gasteiger partial charge in [0.1, 0.15) is 5.75 Å². The van der Waals surface area contributed by atoms with E-state index in [4.69, 9.17) is 11.6 Å². The van der Waals surface area contributed by atoms with E-state index in [1.54, 1.807) is 25.1 Å². The molecule has 0 saturated carbocycles. The summed E-state index contributed by atoms with van der Waals surface area (Å²) in [7, 11) is 0. The second-order valence-electron chi connectivity index (χ2n) is 4.59. The molecule has 0 aromatic heterocycles. The number of amides is 1. The van der Waals surface area contributed by atoms with E-state index < -0.39 is 0 Å². The molecule has 0 atom stereocenters. The number of phenolic OH excluding ortho intramolecular Hbond substituents is 1. The minimum absolute atomic E-state index is 0.0913. The van der Waals surface area contributed by atoms with Crippen molar-refractivity contribution in [2.24, 2.45) is 0 Å². The average molecular weight is 269 g/mol. The summed E-state index contributed by atoms with van der Waals surface area (Å²) >= 11 is 5.85. The van der Waals surface area contributed by atoms with Gasteiger partial charge in [0.25, 0.3) is 0 Å². The maximum absolute atomic E-state index is 11.2. The molecule has 2 rings (SSSR count). The summed E-state index contributed by atoms with van der Waals surface area (Å²) in [6.07, 6.45) is 1.86. The smallest absolute Gasteiger partial charge is 0.219 e. The number of nitrogens with one attached hydrogen (secondary N) is 1. The number of piperidine rings is 1. The van der Waals surface area contributed by atoms with Crippen LogP contribution in [0.5, 0.6) is 5.75 Å².